The summed E-state index contributed by atoms with van der Waals surface area (Å²) in [5, 5.41) is 11.1. The van der Waals surface area contributed by atoms with Crippen LogP contribution in [-0.2, 0) is 14.3 Å². The Labute approximate surface area is 194 Å². The monoisotopic (exact) mass is 453 g/mol. The molecular weight excluding hydrogens is 422 g/mol. The first-order valence-electron chi connectivity index (χ1n) is 11.2. The molecule has 176 valence electrons. The Morgan fingerprint density at radius 3 is 2.36 bits per heavy atom. The molecule has 0 aromatic heterocycles. The van der Waals surface area contributed by atoms with Crippen LogP contribution < -0.4 is 9.47 Å². The van der Waals surface area contributed by atoms with E-state index < -0.39 is 17.7 Å². The van der Waals surface area contributed by atoms with Crippen LogP contribution in [0.15, 0.2) is 48.0 Å². The molecule has 33 heavy (non-hydrogen) atoms. The molecule has 2 aromatic rings. The van der Waals surface area contributed by atoms with Crippen LogP contribution in [-0.4, -0.2) is 55.2 Å². The summed E-state index contributed by atoms with van der Waals surface area (Å²) in [6.45, 7) is 7.25. The number of methoxy groups -OCH3 is 1. The Morgan fingerprint density at radius 2 is 1.73 bits per heavy atom. The number of ether oxygens (including phenoxy) is 3. The van der Waals surface area contributed by atoms with Crippen molar-refractivity contribution in [3.8, 4) is 11.5 Å². The summed E-state index contributed by atoms with van der Waals surface area (Å²) in [6.07, 6.45) is 0.848. The molecule has 1 N–H and O–H groups in total. The van der Waals surface area contributed by atoms with E-state index in [1.807, 2.05) is 32.9 Å². The predicted molar refractivity (Wildman–Crippen MR) is 125 cm³/mol. The maximum absolute atomic E-state index is 13.1. The molecule has 7 heteroatoms. The first kappa shape index (κ1) is 24.3. The molecule has 2 aromatic carbocycles. The van der Waals surface area contributed by atoms with Crippen molar-refractivity contribution in [2.24, 2.45) is 0 Å². The quantitative estimate of drug-likeness (QED) is 0.329. The zero-order chi connectivity index (χ0) is 24.0. The van der Waals surface area contributed by atoms with E-state index in [4.69, 9.17) is 14.2 Å². The largest absolute Gasteiger partial charge is 0.507 e. The second kappa shape index (κ2) is 11.0. The fraction of sp³-hybridized carbons (Fsp3) is 0.385. The number of carbonyl (C=O) groups is 2. The molecule has 1 saturated heterocycles. The first-order chi connectivity index (χ1) is 15.9. The maximum Gasteiger partial charge on any atom is 0.295 e. The molecule has 7 nitrogen and oxygen atoms in total. The third-order valence-electron chi connectivity index (χ3n) is 5.45. The molecule has 0 radical (unpaired) electrons. The highest BCUT2D eigenvalue weighted by atomic mass is 16.5. The molecule has 0 spiro atoms. The SMILES string of the molecule is CCCOc1ccc(C2/C(=C(\O)c3ccc(C)cc3)C(=O)C(=O)N2CCOC)cc1OCC. The van der Waals surface area contributed by atoms with Gasteiger partial charge in [-0.15, -0.1) is 0 Å². The van der Waals surface area contributed by atoms with Gasteiger partial charge in [-0.2, -0.15) is 0 Å². The second-order valence-corrected chi connectivity index (χ2v) is 7.84. The normalized spacial score (nSPS) is 17.5. The van der Waals surface area contributed by atoms with Gasteiger partial charge in [-0.1, -0.05) is 42.8 Å². The van der Waals surface area contributed by atoms with Gasteiger partial charge in [0.25, 0.3) is 11.7 Å². The fourth-order valence-corrected chi connectivity index (χ4v) is 3.81. The van der Waals surface area contributed by atoms with E-state index in [0.717, 1.165) is 12.0 Å². The van der Waals surface area contributed by atoms with Crippen molar-refractivity contribution < 1.29 is 28.9 Å². The maximum atomic E-state index is 13.1. The van der Waals surface area contributed by atoms with Gasteiger partial charge in [0, 0.05) is 19.2 Å². The number of carbonyl (C=O) groups excluding carboxylic acids is 2. The van der Waals surface area contributed by atoms with Gasteiger partial charge in [0.2, 0.25) is 0 Å². The molecule has 1 atom stereocenters. The Bertz CT molecular complexity index is 1030. The van der Waals surface area contributed by atoms with Gasteiger partial charge in [0.1, 0.15) is 5.76 Å². The number of hydrogen-bond donors (Lipinski definition) is 1. The molecular formula is C26H31NO6. The van der Waals surface area contributed by atoms with E-state index in [-0.39, 0.29) is 24.5 Å². The average Bonchev–Trinajstić information content (AvgIpc) is 3.07. The molecule has 1 fully saturated rings. The van der Waals surface area contributed by atoms with E-state index >= 15 is 0 Å². The van der Waals surface area contributed by atoms with Gasteiger partial charge < -0.3 is 24.2 Å². The minimum absolute atomic E-state index is 0.0460. The average molecular weight is 454 g/mol. The molecule has 0 saturated carbocycles. The summed E-state index contributed by atoms with van der Waals surface area (Å²) in [5.41, 5.74) is 2.19. The third-order valence-corrected chi connectivity index (χ3v) is 5.45. The van der Waals surface area contributed by atoms with Crippen LogP contribution in [0.1, 0.15) is 43.0 Å². The van der Waals surface area contributed by atoms with Crippen molar-refractivity contribution in [3.05, 3.63) is 64.7 Å². The van der Waals surface area contributed by atoms with Crippen LogP contribution in [0.3, 0.4) is 0 Å². The zero-order valence-electron chi connectivity index (χ0n) is 19.6. The van der Waals surface area contributed by atoms with Crippen molar-refractivity contribution in [2.45, 2.75) is 33.2 Å². The lowest BCUT2D eigenvalue weighted by molar-refractivity contribution is -0.140. The van der Waals surface area contributed by atoms with Crippen LogP contribution >= 0.6 is 0 Å². The van der Waals surface area contributed by atoms with Crippen molar-refractivity contribution in [1.82, 2.24) is 4.90 Å². The highest BCUT2D eigenvalue weighted by Crippen LogP contribution is 2.42. The van der Waals surface area contributed by atoms with Gasteiger partial charge in [-0.25, -0.2) is 0 Å². The van der Waals surface area contributed by atoms with E-state index in [1.165, 1.54) is 12.0 Å². The second-order valence-electron chi connectivity index (χ2n) is 7.84. The Balaban J connectivity index is 2.14. The number of rotatable bonds is 10. The van der Waals surface area contributed by atoms with Crippen LogP contribution in [0.2, 0.25) is 0 Å². The highest BCUT2D eigenvalue weighted by Gasteiger charge is 2.46. The molecule has 1 heterocycles. The summed E-state index contributed by atoms with van der Waals surface area (Å²) in [4.78, 5) is 27.4. The minimum Gasteiger partial charge on any atom is -0.507 e. The number of hydrogen-bond acceptors (Lipinski definition) is 6. The highest BCUT2D eigenvalue weighted by molar-refractivity contribution is 6.46. The summed E-state index contributed by atoms with van der Waals surface area (Å²) in [6, 6.07) is 11.7. The van der Waals surface area contributed by atoms with E-state index in [0.29, 0.717) is 35.8 Å². The number of likely N-dealkylation sites (tertiary alicyclic amines) is 1. The number of amides is 1. The Morgan fingerprint density at radius 1 is 1.00 bits per heavy atom. The Kier molecular flexibility index (Phi) is 8.11. The Hall–Kier alpha value is -3.32. The van der Waals surface area contributed by atoms with Gasteiger partial charge in [0.15, 0.2) is 11.5 Å². The predicted octanol–water partition coefficient (Wildman–Crippen LogP) is 4.25. The number of aliphatic hydroxyl groups is 1. The number of benzene rings is 2. The number of aliphatic hydroxyl groups excluding tert-OH is 1. The lowest BCUT2D eigenvalue weighted by atomic mass is 9.94. The lowest BCUT2D eigenvalue weighted by Gasteiger charge is -2.26. The van der Waals surface area contributed by atoms with Gasteiger partial charge in [-0.05, 0) is 38.0 Å². The molecule has 3 rings (SSSR count). The molecule has 0 bridgehead atoms. The lowest BCUT2D eigenvalue weighted by Crippen LogP contribution is -2.32. The number of Topliss-reactive ketones (excluding diaryl/α,β-unsaturated/α-hetero) is 1. The molecule has 1 amide bonds. The van der Waals surface area contributed by atoms with Gasteiger partial charge in [0.05, 0.1) is 31.4 Å². The molecule has 1 aliphatic rings. The van der Waals surface area contributed by atoms with Crippen LogP contribution in [0.5, 0.6) is 11.5 Å². The zero-order valence-corrected chi connectivity index (χ0v) is 19.6. The number of nitrogens with zero attached hydrogens (tertiary/aromatic N) is 1. The van der Waals surface area contributed by atoms with Crippen molar-refractivity contribution in [1.29, 1.82) is 0 Å². The van der Waals surface area contributed by atoms with Gasteiger partial charge >= 0.3 is 0 Å². The van der Waals surface area contributed by atoms with Gasteiger partial charge in [-0.3, -0.25) is 9.59 Å². The summed E-state index contributed by atoms with van der Waals surface area (Å²) in [5.74, 6) is -0.484. The molecule has 0 aliphatic carbocycles. The van der Waals surface area contributed by atoms with E-state index in [9.17, 15) is 14.7 Å². The number of ketones is 1. The smallest absolute Gasteiger partial charge is 0.295 e. The summed E-state index contributed by atoms with van der Waals surface area (Å²) < 4.78 is 16.7. The van der Waals surface area contributed by atoms with Crippen LogP contribution in [0.4, 0.5) is 0 Å². The summed E-state index contributed by atoms with van der Waals surface area (Å²) in [7, 11) is 1.53. The number of aryl methyl sites for hydroxylation is 1. The standard InChI is InChI=1S/C26H31NO6/c1-5-14-33-20-12-11-19(16-21(20)32-6-2)23-22(24(28)18-9-7-17(3)8-10-18)25(29)26(30)27(23)13-15-31-4/h7-12,16,23,28H,5-6,13-15H2,1-4H3/b24-22+. The topological polar surface area (TPSA) is 85.3 Å². The minimum atomic E-state index is -0.777. The van der Waals surface area contributed by atoms with Crippen molar-refractivity contribution >= 4 is 17.4 Å². The molecule has 1 aliphatic heterocycles. The van der Waals surface area contributed by atoms with E-state index in [1.54, 1.807) is 30.3 Å². The summed E-state index contributed by atoms with van der Waals surface area (Å²) >= 11 is 0. The fourth-order valence-electron chi connectivity index (χ4n) is 3.81. The third kappa shape index (κ3) is 5.20. The van der Waals surface area contributed by atoms with Crippen molar-refractivity contribution in [2.75, 3.05) is 33.5 Å². The van der Waals surface area contributed by atoms with Crippen LogP contribution in [0.25, 0.3) is 5.76 Å². The van der Waals surface area contributed by atoms with E-state index in [2.05, 4.69) is 0 Å². The first-order valence-corrected chi connectivity index (χ1v) is 11.2. The van der Waals surface area contributed by atoms with Crippen molar-refractivity contribution in [3.63, 3.8) is 0 Å². The molecule has 1 unspecified atom stereocenters. The van der Waals surface area contributed by atoms with Crippen LogP contribution in [0, 0.1) is 6.92 Å².